The summed E-state index contributed by atoms with van der Waals surface area (Å²) in [5.74, 6) is 0. The molecule has 4 rings (SSSR count). The maximum atomic E-state index is 4.59. The van der Waals surface area contributed by atoms with Gasteiger partial charge in [0.1, 0.15) is 0 Å². The molecular weight excluding hydrogens is 300 g/mol. The summed E-state index contributed by atoms with van der Waals surface area (Å²) in [6.45, 7) is 4.01. The van der Waals surface area contributed by atoms with Gasteiger partial charge < -0.3 is 0 Å². The third-order valence-electron chi connectivity index (χ3n) is 3.92. The van der Waals surface area contributed by atoms with Crippen molar-refractivity contribution in [3.8, 4) is 22.5 Å². The molecule has 6 nitrogen and oxygen atoms in total. The Kier molecular flexibility index (Phi) is 3.42. The van der Waals surface area contributed by atoms with Crippen LogP contribution in [0.15, 0.2) is 61.4 Å². The molecule has 0 saturated carbocycles. The predicted octanol–water partition coefficient (Wildman–Crippen LogP) is 3.13. The zero-order chi connectivity index (χ0) is 16.5. The van der Waals surface area contributed by atoms with E-state index in [-0.39, 0.29) is 0 Å². The monoisotopic (exact) mass is 316 g/mol. The molecule has 0 bridgehead atoms. The second-order valence-corrected chi connectivity index (χ2v) is 5.60. The number of nitrogens with zero attached hydrogens (tertiary/aromatic N) is 6. The molecule has 0 atom stereocenters. The molecule has 0 radical (unpaired) electrons. The van der Waals surface area contributed by atoms with E-state index in [1.54, 1.807) is 18.6 Å². The summed E-state index contributed by atoms with van der Waals surface area (Å²) in [7, 11) is 0. The van der Waals surface area contributed by atoms with Gasteiger partial charge in [-0.25, -0.2) is 9.36 Å². The van der Waals surface area contributed by atoms with Crippen molar-refractivity contribution in [3.63, 3.8) is 0 Å². The molecule has 4 aromatic rings. The molecule has 0 N–H and O–H groups in total. The molecule has 0 amide bonds. The smallest absolute Gasteiger partial charge is 0.0838 e. The first-order chi connectivity index (χ1) is 11.7. The van der Waals surface area contributed by atoms with Gasteiger partial charge >= 0.3 is 0 Å². The standard InChI is InChI=1S/C18H16N6/c1-13-5-7-21-24(13)17-8-15(9-20-11-17)18-12-23(22-14(18)2)16-4-3-6-19-10-16/h3-12H,1-2H3. The molecule has 0 fully saturated rings. The zero-order valence-electron chi connectivity index (χ0n) is 13.5. The normalized spacial score (nSPS) is 10.9. The molecule has 4 aromatic heterocycles. The van der Waals surface area contributed by atoms with Gasteiger partial charge in [-0.15, -0.1) is 0 Å². The van der Waals surface area contributed by atoms with Crippen LogP contribution in [0.3, 0.4) is 0 Å². The number of pyridine rings is 2. The van der Waals surface area contributed by atoms with Gasteiger partial charge in [-0.1, -0.05) is 0 Å². The van der Waals surface area contributed by atoms with Crippen LogP contribution >= 0.6 is 0 Å². The molecule has 0 aliphatic carbocycles. The minimum atomic E-state index is 0.930. The van der Waals surface area contributed by atoms with Crippen molar-refractivity contribution in [2.45, 2.75) is 13.8 Å². The molecule has 0 spiro atoms. The second kappa shape index (κ2) is 5.73. The Balaban J connectivity index is 1.77. The van der Waals surface area contributed by atoms with Crippen molar-refractivity contribution in [1.82, 2.24) is 29.5 Å². The van der Waals surface area contributed by atoms with Crippen molar-refractivity contribution in [1.29, 1.82) is 0 Å². The van der Waals surface area contributed by atoms with Gasteiger partial charge in [-0.2, -0.15) is 10.2 Å². The fourth-order valence-corrected chi connectivity index (χ4v) is 2.70. The summed E-state index contributed by atoms with van der Waals surface area (Å²) in [5.41, 5.74) is 5.92. The van der Waals surface area contributed by atoms with E-state index in [9.17, 15) is 0 Å². The number of aryl methyl sites for hydroxylation is 2. The van der Waals surface area contributed by atoms with Crippen LogP contribution in [0.2, 0.25) is 0 Å². The summed E-state index contributed by atoms with van der Waals surface area (Å²) in [6, 6.07) is 7.92. The minimum Gasteiger partial charge on any atom is -0.262 e. The Labute approximate surface area is 139 Å². The summed E-state index contributed by atoms with van der Waals surface area (Å²) in [6.07, 6.45) is 11.0. The first-order valence-corrected chi connectivity index (χ1v) is 7.65. The summed E-state index contributed by atoms with van der Waals surface area (Å²) < 4.78 is 3.71. The molecule has 0 aliphatic heterocycles. The van der Waals surface area contributed by atoms with Crippen molar-refractivity contribution in [2.24, 2.45) is 0 Å². The average Bonchev–Trinajstić information content (AvgIpc) is 3.22. The lowest BCUT2D eigenvalue weighted by atomic mass is 10.1. The molecule has 0 aliphatic rings. The third-order valence-corrected chi connectivity index (χ3v) is 3.92. The maximum Gasteiger partial charge on any atom is 0.0838 e. The van der Waals surface area contributed by atoms with Crippen LogP contribution in [-0.4, -0.2) is 29.5 Å². The van der Waals surface area contributed by atoms with E-state index in [1.165, 1.54) is 0 Å². The van der Waals surface area contributed by atoms with Crippen LogP contribution in [0.5, 0.6) is 0 Å². The zero-order valence-corrected chi connectivity index (χ0v) is 13.5. The van der Waals surface area contributed by atoms with Crippen molar-refractivity contribution < 1.29 is 0 Å². The van der Waals surface area contributed by atoms with E-state index < -0.39 is 0 Å². The van der Waals surface area contributed by atoms with Gasteiger partial charge in [-0.3, -0.25) is 9.97 Å². The van der Waals surface area contributed by atoms with E-state index >= 15 is 0 Å². The van der Waals surface area contributed by atoms with Crippen LogP contribution in [0.4, 0.5) is 0 Å². The Morgan fingerprint density at radius 1 is 0.917 bits per heavy atom. The first kappa shape index (κ1) is 14.3. The highest BCUT2D eigenvalue weighted by Crippen LogP contribution is 2.25. The Hall–Kier alpha value is -3.28. The van der Waals surface area contributed by atoms with Gasteiger partial charge in [0.25, 0.3) is 0 Å². The summed E-state index contributed by atoms with van der Waals surface area (Å²) >= 11 is 0. The molecule has 6 heteroatoms. The number of aromatic nitrogens is 6. The van der Waals surface area contributed by atoms with Gasteiger partial charge in [0.05, 0.1) is 29.5 Å². The van der Waals surface area contributed by atoms with Crippen LogP contribution in [0.1, 0.15) is 11.4 Å². The van der Waals surface area contributed by atoms with Crippen LogP contribution < -0.4 is 0 Å². The predicted molar refractivity (Wildman–Crippen MR) is 91.2 cm³/mol. The van der Waals surface area contributed by atoms with Crippen LogP contribution in [0.25, 0.3) is 22.5 Å². The topological polar surface area (TPSA) is 61.4 Å². The lowest BCUT2D eigenvalue weighted by Crippen LogP contribution is -1.99. The highest BCUT2D eigenvalue weighted by atomic mass is 15.3. The highest BCUT2D eigenvalue weighted by Gasteiger charge is 2.11. The largest absolute Gasteiger partial charge is 0.262 e. The molecular formula is C18H16N6. The van der Waals surface area contributed by atoms with Crippen molar-refractivity contribution in [2.75, 3.05) is 0 Å². The van der Waals surface area contributed by atoms with Crippen molar-refractivity contribution in [3.05, 3.63) is 72.8 Å². The van der Waals surface area contributed by atoms with E-state index in [2.05, 4.69) is 26.2 Å². The number of hydrogen-bond donors (Lipinski definition) is 0. The Morgan fingerprint density at radius 2 is 1.79 bits per heavy atom. The fourth-order valence-electron chi connectivity index (χ4n) is 2.70. The number of hydrogen-bond acceptors (Lipinski definition) is 4. The van der Waals surface area contributed by atoms with Crippen LogP contribution in [-0.2, 0) is 0 Å². The second-order valence-electron chi connectivity index (χ2n) is 5.60. The number of rotatable bonds is 3. The fraction of sp³-hybridized carbons (Fsp3) is 0.111. The average molecular weight is 316 g/mol. The van der Waals surface area contributed by atoms with Gasteiger partial charge in [-0.05, 0) is 38.1 Å². The maximum absolute atomic E-state index is 4.59. The van der Waals surface area contributed by atoms with Crippen molar-refractivity contribution >= 4 is 0 Å². The van der Waals surface area contributed by atoms with E-state index in [0.29, 0.717) is 0 Å². The Bertz CT molecular complexity index is 984. The SMILES string of the molecule is Cc1nn(-c2cccnc2)cc1-c1cncc(-n2nccc2C)c1. The van der Waals surface area contributed by atoms with Gasteiger partial charge in [0.15, 0.2) is 0 Å². The minimum absolute atomic E-state index is 0.930. The summed E-state index contributed by atoms with van der Waals surface area (Å²) in [5, 5.41) is 8.94. The quantitative estimate of drug-likeness (QED) is 0.582. The van der Waals surface area contributed by atoms with E-state index in [4.69, 9.17) is 0 Å². The molecule has 0 saturated heterocycles. The van der Waals surface area contributed by atoms with Gasteiger partial charge in [0.2, 0.25) is 0 Å². The molecule has 0 unspecified atom stereocenters. The Morgan fingerprint density at radius 3 is 2.54 bits per heavy atom. The van der Waals surface area contributed by atoms with E-state index in [0.717, 1.165) is 33.9 Å². The molecule has 24 heavy (non-hydrogen) atoms. The van der Waals surface area contributed by atoms with Gasteiger partial charge in [0, 0.05) is 41.6 Å². The first-order valence-electron chi connectivity index (χ1n) is 7.65. The molecule has 4 heterocycles. The highest BCUT2D eigenvalue weighted by molar-refractivity contribution is 5.66. The lowest BCUT2D eigenvalue weighted by molar-refractivity contribution is 0.842. The van der Waals surface area contributed by atoms with E-state index in [1.807, 2.05) is 60.0 Å². The summed E-state index contributed by atoms with van der Waals surface area (Å²) in [4.78, 5) is 8.52. The molecule has 118 valence electrons. The lowest BCUT2D eigenvalue weighted by Gasteiger charge is -2.06. The molecule has 0 aromatic carbocycles. The third kappa shape index (κ3) is 2.48. The van der Waals surface area contributed by atoms with Crippen LogP contribution in [0, 0.1) is 13.8 Å².